The molecule has 21 heavy (non-hydrogen) atoms. The van der Waals surface area contributed by atoms with Crippen molar-refractivity contribution in [1.29, 1.82) is 0 Å². The Morgan fingerprint density at radius 2 is 1.76 bits per heavy atom. The zero-order valence-electron chi connectivity index (χ0n) is 12.3. The van der Waals surface area contributed by atoms with E-state index in [0.29, 0.717) is 6.42 Å². The molecular weight excluding hydrogens is 260 g/mol. The number of carboxylic acids is 1. The highest BCUT2D eigenvalue weighted by Crippen LogP contribution is 2.51. The SMILES string of the molecule is Cc1ccc(C2(C(=O)O)CCCC2c2ccccc2)cc1. The summed E-state index contributed by atoms with van der Waals surface area (Å²) in [7, 11) is 0. The van der Waals surface area contributed by atoms with Crippen LogP contribution in [0.15, 0.2) is 54.6 Å². The lowest BCUT2D eigenvalue weighted by molar-refractivity contribution is -0.144. The zero-order chi connectivity index (χ0) is 14.9. The molecule has 2 aromatic carbocycles. The molecule has 0 aromatic heterocycles. The Balaban J connectivity index is 2.12. The maximum Gasteiger partial charge on any atom is 0.314 e. The van der Waals surface area contributed by atoms with Gasteiger partial charge in [0.25, 0.3) is 0 Å². The predicted molar refractivity (Wildman–Crippen MR) is 83.5 cm³/mol. The highest BCUT2D eigenvalue weighted by Gasteiger charge is 2.50. The van der Waals surface area contributed by atoms with Crippen molar-refractivity contribution in [2.75, 3.05) is 0 Å². The van der Waals surface area contributed by atoms with Crippen molar-refractivity contribution in [3.8, 4) is 0 Å². The summed E-state index contributed by atoms with van der Waals surface area (Å²) in [6.45, 7) is 2.03. The highest BCUT2D eigenvalue weighted by atomic mass is 16.4. The van der Waals surface area contributed by atoms with Crippen LogP contribution in [0.5, 0.6) is 0 Å². The van der Waals surface area contributed by atoms with Crippen molar-refractivity contribution in [3.63, 3.8) is 0 Å². The Kier molecular flexibility index (Phi) is 3.54. The van der Waals surface area contributed by atoms with Crippen molar-refractivity contribution in [3.05, 3.63) is 71.3 Å². The van der Waals surface area contributed by atoms with Crippen molar-refractivity contribution in [1.82, 2.24) is 0 Å². The fourth-order valence-electron chi connectivity index (χ4n) is 3.72. The molecule has 1 fully saturated rings. The molecule has 0 amide bonds. The minimum atomic E-state index is -0.783. The molecule has 2 unspecified atom stereocenters. The Labute approximate surface area is 125 Å². The quantitative estimate of drug-likeness (QED) is 0.911. The van der Waals surface area contributed by atoms with Crippen molar-refractivity contribution in [2.24, 2.45) is 0 Å². The van der Waals surface area contributed by atoms with Gasteiger partial charge < -0.3 is 5.11 Å². The van der Waals surface area contributed by atoms with Gasteiger partial charge in [-0.1, -0.05) is 66.6 Å². The van der Waals surface area contributed by atoms with Gasteiger partial charge in [-0.2, -0.15) is 0 Å². The molecular formula is C19H20O2. The van der Waals surface area contributed by atoms with Gasteiger partial charge in [-0.05, 0) is 30.9 Å². The third-order valence-corrected chi connectivity index (χ3v) is 4.81. The van der Waals surface area contributed by atoms with Gasteiger partial charge in [-0.25, -0.2) is 0 Å². The summed E-state index contributed by atoms with van der Waals surface area (Å²) in [6.07, 6.45) is 2.61. The molecule has 1 aliphatic rings. The Bertz CT molecular complexity index is 630. The molecule has 2 nitrogen and oxygen atoms in total. The van der Waals surface area contributed by atoms with E-state index < -0.39 is 11.4 Å². The van der Waals surface area contributed by atoms with Gasteiger partial charge in [0, 0.05) is 5.92 Å². The number of aliphatic carboxylic acids is 1. The molecule has 2 atom stereocenters. The highest BCUT2D eigenvalue weighted by molar-refractivity contribution is 5.83. The average molecular weight is 280 g/mol. The molecule has 1 saturated carbocycles. The fourth-order valence-corrected chi connectivity index (χ4v) is 3.72. The summed E-state index contributed by atoms with van der Waals surface area (Å²) in [4.78, 5) is 12.2. The van der Waals surface area contributed by atoms with E-state index in [2.05, 4.69) is 12.1 Å². The molecule has 0 aliphatic heterocycles. The van der Waals surface area contributed by atoms with Gasteiger partial charge in [0.05, 0.1) is 5.41 Å². The molecule has 0 saturated heterocycles. The van der Waals surface area contributed by atoms with Gasteiger partial charge in [-0.3, -0.25) is 4.79 Å². The van der Waals surface area contributed by atoms with Crippen LogP contribution in [0.1, 0.15) is 41.9 Å². The summed E-state index contributed by atoms with van der Waals surface area (Å²) >= 11 is 0. The van der Waals surface area contributed by atoms with E-state index in [0.717, 1.165) is 29.5 Å². The van der Waals surface area contributed by atoms with E-state index in [9.17, 15) is 9.90 Å². The standard InChI is InChI=1S/C19H20O2/c1-14-9-11-16(12-10-14)19(18(20)21)13-5-8-17(19)15-6-3-2-4-7-15/h2-4,6-7,9-12,17H,5,8,13H2,1H3,(H,20,21). The van der Waals surface area contributed by atoms with E-state index in [-0.39, 0.29) is 5.92 Å². The lowest BCUT2D eigenvalue weighted by Crippen LogP contribution is -2.38. The molecule has 0 heterocycles. The minimum absolute atomic E-state index is 0.0545. The lowest BCUT2D eigenvalue weighted by atomic mass is 9.69. The largest absolute Gasteiger partial charge is 0.481 e. The minimum Gasteiger partial charge on any atom is -0.481 e. The molecule has 108 valence electrons. The maximum absolute atomic E-state index is 12.2. The van der Waals surface area contributed by atoms with E-state index in [1.54, 1.807) is 0 Å². The number of hydrogen-bond acceptors (Lipinski definition) is 1. The number of carbonyl (C=O) groups is 1. The Morgan fingerprint density at radius 1 is 1.10 bits per heavy atom. The second-order valence-corrected chi connectivity index (χ2v) is 6.00. The van der Waals surface area contributed by atoms with E-state index in [1.807, 2.05) is 49.4 Å². The van der Waals surface area contributed by atoms with Crippen LogP contribution >= 0.6 is 0 Å². The molecule has 3 rings (SSSR count). The molecule has 0 bridgehead atoms. The summed E-state index contributed by atoms with van der Waals surface area (Å²) in [5.74, 6) is -0.642. The second-order valence-electron chi connectivity index (χ2n) is 6.00. The smallest absolute Gasteiger partial charge is 0.314 e. The van der Waals surface area contributed by atoms with Crippen molar-refractivity contribution >= 4 is 5.97 Å². The average Bonchev–Trinajstić information content (AvgIpc) is 2.95. The van der Waals surface area contributed by atoms with Gasteiger partial charge in [-0.15, -0.1) is 0 Å². The number of carboxylic acid groups (broad SMARTS) is 1. The van der Waals surface area contributed by atoms with Gasteiger partial charge in [0.2, 0.25) is 0 Å². The van der Waals surface area contributed by atoms with E-state index >= 15 is 0 Å². The fraction of sp³-hybridized carbons (Fsp3) is 0.316. The normalized spacial score (nSPS) is 24.9. The molecule has 2 aromatic rings. The molecule has 1 N–H and O–H groups in total. The number of rotatable bonds is 3. The zero-order valence-corrected chi connectivity index (χ0v) is 12.3. The summed E-state index contributed by atoms with van der Waals surface area (Å²) in [5, 5.41) is 10.0. The second kappa shape index (κ2) is 5.36. The third-order valence-electron chi connectivity index (χ3n) is 4.81. The molecule has 0 spiro atoms. The first kappa shape index (κ1) is 13.9. The van der Waals surface area contributed by atoms with Gasteiger partial charge in [0.15, 0.2) is 0 Å². The monoisotopic (exact) mass is 280 g/mol. The molecule has 1 aliphatic carbocycles. The van der Waals surface area contributed by atoms with Crippen LogP contribution in [0.4, 0.5) is 0 Å². The Hall–Kier alpha value is -2.09. The van der Waals surface area contributed by atoms with Crippen LogP contribution in [0.3, 0.4) is 0 Å². The summed E-state index contributed by atoms with van der Waals surface area (Å²) in [5.41, 5.74) is 2.45. The van der Waals surface area contributed by atoms with Crippen LogP contribution in [0, 0.1) is 6.92 Å². The predicted octanol–water partition coefficient (Wildman–Crippen LogP) is 4.29. The number of benzene rings is 2. The molecule has 2 heteroatoms. The van der Waals surface area contributed by atoms with Crippen molar-refractivity contribution < 1.29 is 9.90 Å². The topological polar surface area (TPSA) is 37.3 Å². The van der Waals surface area contributed by atoms with Crippen LogP contribution < -0.4 is 0 Å². The van der Waals surface area contributed by atoms with E-state index in [1.165, 1.54) is 0 Å². The molecule has 0 radical (unpaired) electrons. The van der Waals surface area contributed by atoms with Gasteiger partial charge >= 0.3 is 5.97 Å². The first-order valence-corrected chi connectivity index (χ1v) is 7.50. The first-order chi connectivity index (χ1) is 10.1. The first-order valence-electron chi connectivity index (χ1n) is 7.50. The summed E-state index contributed by atoms with van der Waals surface area (Å²) < 4.78 is 0. The van der Waals surface area contributed by atoms with Crippen LogP contribution in [0.2, 0.25) is 0 Å². The Morgan fingerprint density at radius 3 is 2.38 bits per heavy atom. The summed E-state index contributed by atoms with van der Waals surface area (Å²) in [6, 6.07) is 18.1. The van der Waals surface area contributed by atoms with Gasteiger partial charge in [0.1, 0.15) is 0 Å². The third kappa shape index (κ3) is 2.25. The number of aryl methyl sites for hydroxylation is 1. The lowest BCUT2D eigenvalue weighted by Gasteiger charge is -2.32. The van der Waals surface area contributed by atoms with Crippen LogP contribution in [0.25, 0.3) is 0 Å². The van der Waals surface area contributed by atoms with Crippen LogP contribution in [-0.4, -0.2) is 11.1 Å². The van der Waals surface area contributed by atoms with Crippen molar-refractivity contribution in [2.45, 2.75) is 37.5 Å². The van der Waals surface area contributed by atoms with E-state index in [4.69, 9.17) is 0 Å². The van der Waals surface area contributed by atoms with Crippen LogP contribution in [-0.2, 0) is 10.2 Å². The number of hydrogen-bond donors (Lipinski definition) is 1. The maximum atomic E-state index is 12.2.